The summed E-state index contributed by atoms with van der Waals surface area (Å²) in [6.07, 6.45) is 0. The van der Waals surface area contributed by atoms with Gasteiger partial charge in [0.2, 0.25) is 5.91 Å². The molecule has 5 nitrogen and oxygen atoms in total. The zero-order chi connectivity index (χ0) is 13.4. The van der Waals surface area contributed by atoms with Gasteiger partial charge in [0.05, 0.1) is 11.1 Å². The number of nitrogens with two attached hydrogens (primary N) is 1. The second-order valence-corrected chi connectivity index (χ2v) is 4.62. The first-order chi connectivity index (χ1) is 8.45. The summed E-state index contributed by atoms with van der Waals surface area (Å²) in [6.45, 7) is 3.50. The van der Waals surface area contributed by atoms with Crippen LogP contribution in [-0.2, 0) is 4.79 Å². The number of carbonyl (C=O) groups is 3. The molecule has 1 heterocycles. The number of rotatable bonds is 3. The molecule has 1 unspecified atom stereocenters. The van der Waals surface area contributed by atoms with Crippen molar-refractivity contribution in [1.29, 1.82) is 0 Å². The number of hydrogen-bond acceptors (Lipinski definition) is 3. The Hall–Kier alpha value is -2.17. The first-order valence-electron chi connectivity index (χ1n) is 5.71. The van der Waals surface area contributed by atoms with Crippen LogP contribution in [0.15, 0.2) is 24.3 Å². The van der Waals surface area contributed by atoms with Gasteiger partial charge >= 0.3 is 0 Å². The molecule has 1 atom stereocenters. The van der Waals surface area contributed by atoms with Crippen LogP contribution < -0.4 is 5.73 Å². The summed E-state index contributed by atoms with van der Waals surface area (Å²) < 4.78 is 0. The lowest BCUT2D eigenvalue weighted by Gasteiger charge is -2.26. The van der Waals surface area contributed by atoms with E-state index >= 15 is 0 Å². The van der Waals surface area contributed by atoms with E-state index in [0.717, 1.165) is 4.90 Å². The molecule has 0 saturated carbocycles. The van der Waals surface area contributed by atoms with Crippen molar-refractivity contribution in [3.63, 3.8) is 0 Å². The van der Waals surface area contributed by atoms with Crippen LogP contribution in [0.25, 0.3) is 0 Å². The third-order valence-electron chi connectivity index (χ3n) is 3.03. The van der Waals surface area contributed by atoms with Crippen LogP contribution >= 0.6 is 0 Å². The molecule has 1 aliphatic heterocycles. The van der Waals surface area contributed by atoms with Gasteiger partial charge in [0.15, 0.2) is 0 Å². The van der Waals surface area contributed by atoms with E-state index in [4.69, 9.17) is 5.73 Å². The highest BCUT2D eigenvalue weighted by molar-refractivity contribution is 6.22. The Morgan fingerprint density at radius 2 is 1.56 bits per heavy atom. The quantitative estimate of drug-likeness (QED) is 0.801. The van der Waals surface area contributed by atoms with Gasteiger partial charge in [-0.25, -0.2) is 0 Å². The molecule has 0 saturated heterocycles. The van der Waals surface area contributed by atoms with Crippen molar-refractivity contribution in [2.24, 2.45) is 11.7 Å². The fraction of sp³-hybridized carbons (Fsp3) is 0.308. The van der Waals surface area contributed by atoms with Gasteiger partial charge in [0.1, 0.15) is 6.04 Å². The van der Waals surface area contributed by atoms with Crippen molar-refractivity contribution in [2.45, 2.75) is 19.9 Å². The monoisotopic (exact) mass is 246 g/mol. The number of amides is 3. The summed E-state index contributed by atoms with van der Waals surface area (Å²) in [5.74, 6) is -1.79. The van der Waals surface area contributed by atoms with Gasteiger partial charge in [0, 0.05) is 0 Å². The standard InChI is InChI=1S/C13H14N2O3/c1-7(2)10(11(14)16)15-12(17)8-5-3-4-6-9(8)13(15)18/h3-7,10H,1-2H3,(H2,14,16). The largest absolute Gasteiger partial charge is 0.368 e. The summed E-state index contributed by atoms with van der Waals surface area (Å²) in [4.78, 5) is 36.7. The molecule has 0 bridgehead atoms. The van der Waals surface area contributed by atoms with Gasteiger partial charge in [-0.05, 0) is 18.1 Å². The SMILES string of the molecule is CC(C)C(C(N)=O)N1C(=O)c2ccccc2C1=O. The first kappa shape index (κ1) is 12.3. The van der Waals surface area contributed by atoms with Crippen molar-refractivity contribution in [3.8, 4) is 0 Å². The van der Waals surface area contributed by atoms with Crippen molar-refractivity contribution in [2.75, 3.05) is 0 Å². The fourth-order valence-corrected chi connectivity index (χ4v) is 2.21. The summed E-state index contributed by atoms with van der Waals surface area (Å²) in [5.41, 5.74) is 5.95. The van der Waals surface area contributed by atoms with Crippen LogP contribution in [0, 0.1) is 5.92 Å². The van der Waals surface area contributed by atoms with E-state index in [1.807, 2.05) is 0 Å². The fourth-order valence-electron chi connectivity index (χ4n) is 2.21. The maximum absolute atomic E-state index is 12.2. The summed E-state index contributed by atoms with van der Waals surface area (Å²) in [5, 5.41) is 0. The number of fused-ring (bicyclic) bond motifs is 1. The van der Waals surface area contributed by atoms with E-state index in [1.165, 1.54) is 0 Å². The van der Waals surface area contributed by atoms with Crippen LogP contribution in [0.2, 0.25) is 0 Å². The van der Waals surface area contributed by atoms with Crippen LogP contribution in [0.4, 0.5) is 0 Å². The molecular formula is C13H14N2O3. The highest BCUT2D eigenvalue weighted by Gasteiger charge is 2.42. The smallest absolute Gasteiger partial charge is 0.262 e. The number of primary amides is 1. The van der Waals surface area contributed by atoms with Gasteiger partial charge < -0.3 is 5.73 Å². The number of hydrogen-bond donors (Lipinski definition) is 1. The van der Waals surface area contributed by atoms with E-state index in [-0.39, 0.29) is 5.92 Å². The topological polar surface area (TPSA) is 80.5 Å². The minimum absolute atomic E-state index is 0.218. The van der Waals surface area contributed by atoms with E-state index in [1.54, 1.807) is 38.1 Å². The maximum Gasteiger partial charge on any atom is 0.262 e. The lowest BCUT2D eigenvalue weighted by Crippen LogP contribution is -2.50. The summed E-state index contributed by atoms with van der Waals surface area (Å²) in [6, 6.07) is 5.61. The minimum Gasteiger partial charge on any atom is -0.368 e. The Bertz CT molecular complexity index is 502. The predicted molar refractivity (Wildman–Crippen MR) is 64.8 cm³/mol. The first-order valence-corrected chi connectivity index (χ1v) is 5.71. The molecule has 5 heteroatoms. The van der Waals surface area contributed by atoms with E-state index in [2.05, 4.69) is 0 Å². The Labute approximate surface area is 105 Å². The zero-order valence-electron chi connectivity index (χ0n) is 10.2. The molecule has 18 heavy (non-hydrogen) atoms. The Kier molecular flexibility index (Phi) is 2.90. The van der Waals surface area contributed by atoms with Gasteiger partial charge in [-0.2, -0.15) is 0 Å². The molecule has 94 valence electrons. The summed E-state index contributed by atoms with van der Waals surface area (Å²) >= 11 is 0. The molecule has 0 aliphatic carbocycles. The average Bonchev–Trinajstić information content (AvgIpc) is 2.55. The molecule has 0 fully saturated rings. The molecule has 2 rings (SSSR count). The Balaban J connectivity index is 2.47. The molecule has 0 aromatic heterocycles. The zero-order valence-corrected chi connectivity index (χ0v) is 10.2. The highest BCUT2D eigenvalue weighted by atomic mass is 16.2. The Morgan fingerprint density at radius 1 is 1.11 bits per heavy atom. The lowest BCUT2D eigenvalue weighted by atomic mass is 10.0. The third-order valence-corrected chi connectivity index (χ3v) is 3.03. The van der Waals surface area contributed by atoms with Gasteiger partial charge in [-0.1, -0.05) is 26.0 Å². The van der Waals surface area contributed by atoms with Crippen molar-refractivity contribution < 1.29 is 14.4 Å². The molecular weight excluding hydrogens is 232 g/mol. The normalized spacial score (nSPS) is 16.1. The Morgan fingerprint density at radius 3 is 1.89 bits per heavy atom. The molecule has 1 aromatic carbocycles. The van der Waals surface area contributed by atoms with Gasteiger partial charge in [0.25, 0.3) is 11.8 Å². The van der Waals surface area contributed by atoms with Crippen LogP contribution in [0.3, 0.4) is 0 Å². The van der Waals surface area contributed by atoms with Gasteiger partial charge in [-0.15, -0.1) is 0 Å². The number of benzene rings is 1. The molecule has 0 spiro atoms. The number of nitrogens with zero attached hydrogens (tertiary/aromatic N) is 1. The van der Waals surface area contributed by atoms with Crippen LogP contribution in [0.5, 0.6) is 0 Å². The van der Waals surface area contributed by atoms with Crippen LogP contribution in [-0.4, -0.2) is 28.7 Å². The number of imide groups is 1. The van der Waals surface area contributed by atoms with Gasteiger partial charge in [-0.3, -0.25) is 19.3 Å². The second-order valence-electron chi connectivity index (χ2n) is 4.62. The molecule has 1 aliphatic rings. The minimum atomic E-state index is -0.905. The molecule has 2 N–H and O–H groups in total. The molecule has 3 amide bonds. The molecule has 0 radical (unpaired) electrons. The van der Waals surface area contributed by atoms with Crippen LogP contribution in [0.1, 0.15) is 34.6 Å². The van der Waals surface area contributed by atoms with Crippen molar-refractivity contribution in [1.82, 2.24) is 4.90 Å². The average molecular weight is 246 g/mol. The van der Waals surface area contributed by atoms with Crippen molar-refractivity contribution >= 4 is 17.7 Å². The lowest BCUT2D eigenvalue weighted by molar-refractivity contribution is -0.123. The third kappa shape index (κ3) is 1.68. The predicted octanol–water partition coefficient (Wildman–Crippen LogP) is 0.792. The number of carbonyl (C=O) groups excluding carboxylic acids is 3. The summed E-state index contributed by atoms with van der Waals surface area (Å²) in [7, 11) is 0. The maximum atomic E-state index is 12.2. The highest BCUT2D eigenvalue weighted by Crippen LogP contribution is 2.26. The molecule has 1 aromatic rings. The second kappa shape index (κ2) is 4.25. The van der Waals surface area contributed by atoms with E-state index in [9.17, 15) is 14.4 Å². The van der Waals surface area contributed by atoms with E-state index < -0.39 is 23.8 Å². The van der Waals surface area contributed by atoms with E-state index in [0.29, 0.717) is 11.1 Å². The van der Waals surface area contributed by atoms with Crippen molar-refractivity contribution in [3.05, 3.63) is 35.4 Å².